The molecule has 3 nitrogen and oxygen atoms in total. The molecule has 1 aromatic heterocycles. The van der Waals surface area contributed by atoms with E-state index in [0.717, 1.165) is 45.6 Å². The van der Waals surface area contributed by atoms with E-state index in [-0.39, 0.29) is 0 Å². The molecule has 1 N–H and O–H groups in total. The fourth-order valence-corrected chi connectivity index (χ4v) is 3.10. The maximum atomic E-state index is 5.39. The van der Waals surface area contributed by atoms with Crippen LogP contribution < -0.4 is 5.32 Å². The van der Waals surface area contributed by atoms with E-state index in [1.165, 1.54) is 16.5 Å². The van der Waals surface area contributed by atoms with Crippen LogP contribution in [0.5, 0.6) is 0 Å². The lowest BCUT2D eigenvalue weighted by Gasteiger charge is -2.23. The summed E-state index contributed by atoms with van der Waals surface area (Å²) < 4.78 is 7.78. The molecule has 3 rings (SSSR count). The summed E-state index contributed by atoms with van der Waals surface area (Å²) in [6.45, 7) is 6.12. The first-order chi connectivity index (χ1) is 9.88. The number of fused-ring (bicyclic) bond motifs is 1. The van der Waals surface area contributed by atoms with Crippen molar-refractivity contribution < 1.29 is 4.74 Å². The average Bonchev–Trinajstić information content (AvgIpc) is 2.92. The van der Waals surface area contributed by atoms with E-state index < -0.39 is 0 Å². The number of aryl methyl sites for hydroxylation is 1. The van der Waals surface area contributed by atoms with Gasteiger partial charge >= 0.3 is 0 Å². The molecule has 3 heteroatoms. The highest BCUT2D eigenvalue weighted by atomic mass is 16.5. The van der Waals surface area contributed by atoms with E-state index in [1.54, 1.807) is 0 Å². The first kappa shape index (κ1) is 13.7. The highest BCUT2D eigenvalue weighted by Gasteiger charge is 2.12. The maximum Gasteiger partial charge on any atom is 0.0513 e. The smallest absolute Gasteiger partial charge is 0.0513 e. The number of rotatable bonds is 5. The minimum atomic E-state index is 0.635. The third kappa shape index (κ3) is 2.89. The zero-order valence-corrected chi connectivity index (χ0v) is 12.3. The van der Waals surface area contributed by atoms with Gasteiger partial charge in [0.05, 0.1) is 5.52 Å². The Balaban J connectivity index is 1.65. The van der Waals surface area contributed by atoms with Crippen LogP contribution in [0.1, 0.15) is 25.3 Å². The van der Waals surface area contributed by atoms with Gasteiger partial charge in [-0.05, 0) is 36.3 Å². The van der Waals surface area contributed by atoms with Crippen molar-refractivity contribution in [1.29, 1.82) is 0 Å². The van der Waals surface area contributed by atoms with E-state index in [0.29, 0.717) is 6.04 Å². The molecular formula is C17H24N2O. The second kappa shape index (κ2) is 6.42. The van der Waals surface area contributed by atoms with Crippen molar-refractivity contribution in [2.45, 2.75) is 38.8 Å². The van der Waals surface area contributed by atoms with Gasteiger partial charge in [-0.3, -0.25) is 0 Å². The number of hydrogen-bond donors (Lipinski definition) is 1. The molecule has 0 saturated carbocycles. The summed E-state index contributed by atoms with van der Waals surface area (Å²) in [4.78, 5) is 0. The van der Waals surface area contributed by atoms with Gasteiger partial charge in [0.15, 0.2) is 0 Å². The van der Waals surface area contributed by atoms with E-state index in [9.17, 15) is 0 Å². The van der Waals surface area contributed by atoms with Crippen molar-refractivity contribution in [3.63, 3.8) is 0 Å². The molecule has 1 aliphatic rings. The number of nitrogens with one attached hydrogen (secondary N) is 1. The van der Waals surface area contributed by atoms with Crippen molar-refractivity contribution in [1.82, 2.24) is 9.88 Å². The van der Waals surface area contributed by atoms with E-state index in [4.69, 9.17) is 4.74 Å². The maximum absolute atomic E-state index is 5.39. The molecule has 0 radical (unpaired) electrons. The summed E-state index contributed by atoms with van der Waals surface area (Å²) in [5, 5.41) is 5.02. The summed E-state index contributed by atoms with van der Waals surface area (Å²) in [6, 6.07) is 9.47. The molecule has 0 atom stereocenters. The van der Waals surface area contributed by atoms with Crippen LogP contribution in [0.25, 0.3) is 10.9 Å². The Morgan fingerprint density at radius 2 is 2.10 bits per heavy atom. The van der Waals surface area contributed by atoms with Crippen molar-refractivity contribution in [2.75, 3.05) is 19.8 Å². The number of aromatic nitrogens is 1. The van der Waals surface area contributed by atoms with Crippen LogP contribution >= 0.6 is 0 Å². The van der Waals surface area contributed by atoms with Crippen LogP contribution in [-0.2, 0) is 17.7 Å². The normalized spacial score (nSPS) is 16.9. The fraction of sp³-hybridized carbons (Fsp3) is 0.529. The first-order valence-corrected chi connectivity index (χ1v) is 7.76. The lowest BCUT2D eigenvalue weighted by Crippen LogP contribution is -2.36. The van der Waals surface area contributed by atoms with Crippen LogP contribution in [-0.4, -0.2) is 30.4 Å². The lowest BCUT2D eigenvalue weighted by atomic mass is 10.1. The van der Waals surface area contributed by atoms with Gasteiger partial charge in [0.25, 0.3) is 0 Å². The quantitative estimate of drug-likeness (QED) is 0.905. The van der Waals surface area contributed by atoms with Crippen molar-refractivity contribution >= 4 is 10.9 Å². The Kier molecular flexibility index (Phi) is 4.38. The van der Waals surface area contributed by atoms with Crippen LogP contribution in [0.2, 0.25) is 0 Å². The molecule has 1 fully saturated rings. The highest BCUT2D eigenvalue weighted by Crippen LogP contribution is 2.20. The third-order valence-corrected chi connectivity index (χ3v) is 4.26. The second-order valence-electron chi connectivity index (χ2n) is 5.56. The minimum Gasteiger partial charge on any atom is -0.381 e. The predicted octanol–water partition coefficient (Wildman–Crippen LogP) is 2.97. The summed E-state index contributed by atoms with van der Waals surface area (Å²) in [6.07, 6.45) is 5.60. The number of benzene rings is 1. The molecule has 0 bridgehead atoms. The molecule has 1 aliphatic heterocycles. The van der Waals surface area contributed by atoms with Gasteiger partial charge in [0.1, 0.15) is 0 Å². The standard InChI is InChI=1S/C17H24N2O/c1-2-14-4-3-5-15-6-10-19(17(14)15)11-9-18-16-7-12-20-13-8-16/h3-6,10,16,18H,2,7-9,11-13H2,1H3. The molecule has 0 aliphatic carbocycles. The number of ether oxygens (including phenoxy) is 1. The molecule has 2 aromatic rings. The number of hydrogen-bond acceptors (Lipinski definition) is 2. The molecular weight excluding hydrogens is 248 g/mol. The monoisotopic (exact) mass is 272 g/mol. The summed E-state index contributed by atoms with van der Waals surface area (Å²) in [5.41, 5.74) is 2.85. The number of para-hydroxylation sites is 1. The minimum absolute atomic E-state index is 0.635. The Morgan fingerprint density at radius 1 is 1.25 bits per heavy atom. The Morgan fingerprint density at radius 3 is 2.90 bits per heavy atom. The highest BCUT2D eigenvalue weighted by molar-refractivity contribution is 5.83. The zero-order chi connectivity index (χ0) is 13.8. The zero-order valence-electron chi connectivity index (χ0n) is 12.3. The predicted molar refractivity (Wildman–Crippen MR) is 83.2 cm³/mol. The van der Waals surface area contributed by atoms with Crippen molar-refractivity contribution in [3.05, 3.63) is 36.0 Å². The first-order valence-electron chi connectivity index (χ1n) is 7.76. The van der Waals surface area contributed by atoms with Gasteiger partial charge in [-0.15, -0.1) is 0 Å². The van der Waals surface area contributed by atoms with Crippen molar-refractivity contribution in [2.24, 2.45) is 0 Å². The summed E-state index contributed by atoms with van der Waals surface area (Å²) in [7, 11) is 0. The van der Waals surface area contributed by atoms with Gasteiger partial charge in [-0.1, -0.05) is 25.1 Å². The largest absolute Gasteiger partial charge is 0.381 e. The van der Waals surface area contributed by atoms with Gasteiger partial charge < -0.3 is 14.6 Å². The third-order valence-electron chi connectivity index (χ3n) is 4.26. The van der Waals surface area contributed by atoms with Crippen LogP contribution in [0.3, 0.4) is 0 Å². The molecule has 1 saturated heterocycles. The van der Waals surface area contributed by atoms with E-state index in [2.05, 4.69) is 47.3 Å². The molecule has 20 heavy (non-hydrogen) atoms. The molecule has 0 amide bonds. The van der Waals surface area contributed by atoms with Crippen LogP contribution in [0, 0.1) is 0 Å². The second-order valence-corrected chi connectivity index (χ2v) is 5.56. The average molecular weight is 272 g/mol. The molecule has 1 aromatic carbocycles. The SMILES string of the molecule is CCc1cccc2ccn(CCNC3CCOCC3)c12. The van der Waals surface area contributed by atoms with E-state index >= 15 is 0 Å². The van der Waals surface area contributed by atoms with Gasteiger partial charge in [-0.25, -0.2) is 0 Å². The summed E-state index contributed by atoms with van der Waals surface area (Å²) >= 11 is 0. The van der Waals surface area contributed by atoms with Crippen LogP contribution in [0.4, 0.5) is 0 Å². The topological polar surface area (TPSA) is 26.2 Å². The van der Waals surface area contributed by atoms with Crippen molar-refractivity contribution in [3.8, 4) is 0 Å². The fourth-order valence-electron chi connectivity index (χ4n) is 3.10. The summed E-state index contributed by atoms with van der Waals surface area (Å²) in [5.74, 6) is 0. The molecule has 0 unspecified atom stereocenters. The molecule has 108 valence electrons. The Bertz CT molecular complexity index is 555. The molecule has 0 spiro atoms. The van der Waals surface area contributed by atoms with Crippen LogP contribution in [0.15, 0.2) is 30.5 Å². The Hall–Kier alpha value is -1.32. The molecule has 2 heterocycles. The van der Waals surface area contributed by atoms with Gasteiger partial charge in [-0.2, -0.15) is 0 Å². The van der Waals surface area contributed by atoms with Gasteiger partial charge in [0.2, 0.25) is 0 Å². The Labute approximate surface area is 120 Å². The number of nitrogens with zero attached hydrogens (tertiary/aromatic N) is 1. The lowest BCUT2D eigenvalue weighted by molar-refractivity contribution is 0.0779. The van der Waals surface area contributed by atoms with E-state index in [1.807, 2.05) is 0 Å². The van der Waals surface area contributed by atoms with Gasteiger partial charge in [0, 0.05) is 38.5 Å².